The summed E-state index contributed by atoms with van der Waals surface area (Å²) in [4.78, 5) is 10.8. The van der Waals surface area contributed by atoms with E-state index in [1.54, 1.807) is 23.9 Å². The lowest BCUT2D eigenvalue weighted by Gasteiger charge is -2.56. The number of carboxylic acid groups (broad SMARTS) is 1. The summed E-state index contributed by atoms with van der Waals surface area (Å²) in [5, 5.41) is 9.66. The minimum atomic E-state index is -0.980. The standard InChI is InChI=1S/C16H20O3S/c17-15(18)13-1-2-14(19-13)20-9-16-6-10-3-11(7-16)5-12(4-10)8-16/h1-2,10-12H,3-9H2,(H,17,18). The normalized spacial score (nSPS) is 38.3. The number of hydrogen-bond acceptors (Lipinski definition) is 3. The van der Waals surface area contributed by atoms with Crippen molar-refractivity contribution in [2.24, 2.45) is 23.2 Å². The Morgan fingerprint density at radius 2 is 1.80 bits per heavy atom. The Balaban J connectivity index is 1.45. The van der Waals surface area contributed by atoms with Gasteiger partial charge in [-0.15, -0.1) is 0 Å². The Morgan fingerprint density at radius 1 is 1.20 bits per heavy atom. The Hall–Kier alpha value is -0.900. The zero-order chi connectivity index (χ0) is 13.7. The van der Waals surface area contributed by atoms with Gasteiger partial charge in [0.15, 0.2) is 5.09 Å². The molecule has 4 fully saturated rings. The van der Waals surface area contributed by atoms with E-state index in [4.69, 9.17) is 9.52 Å². The molecule has 0 atom stereocenters. The summed E-state index contributed by atoms with van der Waals surface area (Å²) in [6.07, 6.45) is 8.56. The molecule has 0 radical (unpaired) electrons. The van der Waals surface area contributed by atoms with Crippen LogP contribution in [0.4, 0.5) is 0 Å². The van der Waals surface area contributed by atoms with Crippen molar-refractivity contribution in [1.29, 1.82) is 0 Å². The van der Waals surface area contributed by atoms with E-state index in [0.29, 0.717) is 5.41 Å². The molecule has 1 aromatic heterocycles. The van der Waals surface area contributed by atoms with Gasteiger partial charge in [-0.1, -0.05) is 11.8 Å². The molecule has 20 heavy (non-hydrogen) atoms. The lowest BCUT2D eigenvalue weighted by atomic mass is 9.50. The van der Waals surface area contributed by atoms with Crippen LogP contribution in [0.15, 0.2) is 21.6 Å². The minimum Gasteiger partial charge on any atom is -0.475 e. The zero-order valence-corrected chi connectivity index (χ0v) is 12.3. The highest BCUT2D eigenvalue weighted by Gasteiger charge is 2.50. The average molecular weight is 292 g/mol. The summed E-state index contributed by atoms with van der Waals surface area (Å²) in [6.45, 7) is 0. The molecule has 4 heteroatoms. The topological polar surface area (TPSA) is 50.4 Å². The van der Waals surface area contributed by atoms with Crippen LogP contribution in [0.3, 0.4) is 0 Å². The molecule has 4 saturated carbocycles. The molecule has 0 amide bonds. The monoisotopic (exact) mass is 292 g/mol. The second kappa shape index (κ2) is 4.55. The molecular weight excluding hydrogens is 272 g/mol. The van der Waals surface area contributed by atoms with Gasteiger partial charge in [-0.25, -0.2) is 4.79 Å². The van der Waals surface area contributed by atoms with Gasteiger partial charge in [-0.05, 0) is 73.8 Å². The van der Waals surface area contributed by atoms with Gasteiger partial charge in [-0.3, -0.25) is 0 Å². The van der Waals surface area contributed by atoms with Crippen molar-refractivity contribution in [3.63, 3.8) is 0 Å². The van der Waals surface area contributed by atoms with E-state index >= 15 is 0 Å². The van der Waals surface area contributed by atoms with Crippen molar-refractivity contribution in [1.82, 2.24) is 0 Å². The van der Waals surface area contributed by atoms with Gasteiger partial charge in [-0.2, -0.15) is 0 Å². The quantitative estimate of drug-likeness (QED) is 0.841. The maximum atomic E-state index is 10.8. The highest BCUT2D eigenvalue weighted by molar-refractivity contribution is 7.99. The first kappa shape index (κ1) is 12.8. The molecular formula is C16H20O3S. The van der Waals surface area contributed by atoms with Crippen LogP contribution in [0.1, 0.15) is 49.1 Å². The maximum Gasteiger partial charge on any atom is 0.371 e. The third-order valence-corrected chi connectivity index (χ3v) is 6.74. The Bertz CT molecular complexity index is 498. The molecule has 0 unspecified atom stereocenters. The summed E-state index contributed by atoms with van der Waals surface area (Å²) in [6, 6.07) is 3.36. The number of thioether (sulfide) groups is 1. The second-order valence-electron chi connectivity index (χ2n) is 7.13. The largest absolute Gasteiger partial charge is 0.475 e. The first-order valence-electron chi connectivity index (χ1n) is 7.58. The summed E-state index contributed by atoms with van der Waals surface area (Å²) in [5.74, 6) is 3.07. The van der Waals surface area contributed by atoms with Crippen LogP contribution in [-0.4, -0.2) is 16.8 Å². The van der Waals surface area contributed by atoms with Crippen LogP contribution in [0.2, 0.25) is 0 Å². The van der Waals surface area contributed by atoms with Crippen LogP contribution in [0, 0.1) is 23.2 Å². The average Bonchev–Trinajstić information content (AvgIpc) is 2.84. The van der Waals surface area contributed by atoms with Gasteiger partial charge in [0.1, 0.15) is 0 Å². The van der Waals surface area contributed by atoms with E-state index in [0.717, 1.165) is 28.6 Å². The van der Waals surface area contributed by atoms with Crippen LogP contribution in [0.25, 0.3) is 0 Å². The molecule has 5 rings (SSSR count). The molecule has 4 aliphatic rings. The highest BCUT2D eigenvalue weighted by Crippen LogP contribution is 2.61. The van der Waals surface area contributed by atoms with Crippen LogP contribution in [0.5, 0.6) is 0 Å². The van der Waals surface area contributed by atoms with Crippen molar-refractivity contribution in [3.05, 3.63) is 17.9 Å². The van der Waals surface area contributed by atoms with E-state index in [2.05, 4.69) is 0 Å². The van der Waals surface area contributed by atoms with Gasteiger partial charge in [0.25, 0.3) is 0 Å². The van der Waals surface area contributed by atoms with E-state index in [1.165, 1.54) is 38.5 Å². The Morgan fingerprint density at radius 3 is 2.30 bits per heavy atom. The van der Waals surface area contributed by atoms with E-state index in [-0.39, 0.29) is 5.76 Å². The fourth-order valence-corrected chi connectivity index (χ4v) is 6.32. The van der Waals surface area contributed by atoms with Crippen LogP contribution in [-0.2, 0) is 0 Å². The predicted molar refractivity (Wildman–Crippen MR) is 77.0 cm³/mol. The van der Waals surface area contributed by atoms with Gasteiger partial charge in [0.05, 0.1) is 0 Å². The lowest BCUT2D eigenvalue weighted by Crippen LogP contribution is -2.47. The number of carboxylic acids is 1. The molecule has 1 N–H and O–H groups in total. The molecule has 4 aliphatic carbocycles. The fraction of sp³-hybridized carbons (Fsp3) is 0.688. The number of aromatic carboxylic acids is 1. The van der Waals surface area contributed by atoms with Crippen molar-refractivity contribution >= 4 is 17.7 Å². The first-order chi connectivity index (χ1) is 9.62. The molecule has 108 valence electrons. The molecule has 1 heterocycles. The summed E-state index contributed by atoms with van der Waals surface area (Å²) in [7, 11) is 0. The van der Waals surface area contributed by atoms with Crippen molar-refractivity contribution < 1.29 is 14.3 Å². The number of hydrogen-bond donors (Lipinski definition) is 1. The van der Waals surface area contributed by atoms with Crippen molar-refractivity contribution in [3.8, 4) is 0 Å². The molecule has 0 aliphatic heterocycles. The Labute approximate surface area is 123 Å². The molecule has 0 aromatic carbocycles. The third kappa shape index (κ3) is 2.18. The summed E-state index contributed by atoms with van der Waals surface area (Å²) in [5.41, 5.74) is 0.510. The van der Waals surface area contributed by atoms with Gasteiger partial charge in [0, 0.05) is 5.75 Å². The number of furan rings is 1. The van der Waals surface area contributed by atoms with E-state index in [9.17, 15) is 4.79 Å². The van der Waals surface area contributed by atoms with Crippen molar-refractivity contribution in [2.75, 3.05) is 5.75 Å². The lowest BCUT2D eigenvalue weighted by molar-refractivity contribution is -0.0382. The highest BCUT2D eigenvalue weighted by atomic mass is 32.2. The van der Waals surface area contributed by atoms with E-state index < -0.39 is 5.97 Å². The van der Waals surface area contributed by atoms with Crippen molar-refractivity contribution in [2.45, 2.75) is 43.6 Å². The van der Waals surface area contributed by atoms with Gasteiger partial charge < -0.3 is 9.52 Å². The molecule has 0 spiro atoms. The fourth-order valence-electron chi connectivity index (χ4n) is 5.20. The van der Waals surface area contributed by atoms with Gasteiger partial charge >= 0.3 is 5.97 Å². The SMILES string of the molecule is O=C(O)c1ccc(SCC23CC4CC(CC(C4)C2)C3)o1. The third-order valence-electron chi connectivity index (χ3n) is 5.48. The van der Waals surface area contributed by atoms with Crippen LogP contribution < -0.4 is 0 Å². The summed E-state index contributed by atoms with van der Waals surface area (Å²) >= 11 is 1.72. The Kier molecular flexibility index (Phi) is 2.92. The zero-order valence-electron chi connectivity index (χ0n) is 11.5. The van der Waals surface area contributed by atoms with E-state index in [1.807, 2.05) is 0 Å². The second-order valence-corrected chi connectivity index (χ2v) is 8.11. The molecule has 1 aromatic rings. The van der Waals surface area contributed by atoms with Gasteiger partial charge in [0.2, 0.25) is 5.76 Å². The molecule has 3 nitrogen and oxygen atoms in total. The maximum absolute atomic E-state index is 10.8. The molecule has 0 saturated heterocycles. The smallest absolute Gasteiger partial charge is 0.371 e. The molecule has 4 bridgehead atoms. The first-order valence-corrected chi connectivity index (χ1v) is 8.56. The number of rotatable bonds is 4. The number of carbonyl (C=O) groups is 1. The van der Waals surface area contributed by atoms with Crippen LogP contribution >= 0.6 is 11.8 Å². The predicted octanol–water partition coefficient (Wildman–Crippen LogP) is 4.29. The minimum absolute atomic E-state index is 0.0537. The summed E-state index contributed by atoms with van der Waals surface area (Å²) < 4.78 is 5.37.